The normalized spacial score (nSPS) is 15.4. The van der Waals surface area contributed by atoms with Crippen LogP contribution in [0.25, 0.3) is 0 Å². The average Bonchev–Trinajstić information content (AvgIpc) is 2.94. The van der Waals surface area contributed by atoms with Crippen LogP contribution in [0.4, 0.5) is 19.1 Å². The van der Waals surface area contributed by atoms with E-state index in [1.165, 1.54) is 4.68 Å². The van der Waals surface area contributed by atoms with Crippen molar-refractivity contribution >= 4 is 11.9 Å². The zero-order chi connectivity index (χ0) is 18.0. The molecule has 1 aliphatic heterocycles. The number of benzene rings is 1. The molecule has 0 aliphatic carbocycles. The fourth-order valence-corrected chi connectivity index (χ4v) is 2.81. The van der Waals surface area contributed by atoms with Crippen molar-refractivity contribution in [3.05, 3.63) is 41.0 Å². The number of aryl methyl sites for hydroxylation is 1. The minimum Gasteiger partial charge on any atom is -0.317 e. The van der Waals surface area contributed by atoms with Gasteiger partial charge in [0.15, 0.2) is 17.5 Å². The predicted molar refractivity (Wildman–Crippen MR) is 84.5 cm³/mol. The van der Waals surface area contributed by atoms with Crippen LogP contribution in [0.5, 0.6) is 0 Å². The number of anilines is 1. The number of nitrogens with one attached hydrogen (secondary N) is 2. The highest BCUT2D eigenvalue weighted by atomic mass is 19.2. The molecule has 0 radical (unpaired) electrons. The van der Waals surface area contributed by atoms with E-state index in [0.29, 0.717) is 18.0 Å². The first-order chi connectivity index (χ1) is 11.9. The third kappa shape index (κ3) is 3.98. The first-order valence-electron chi connectivity index (χ1n) is 7.99. The number of rotatable bonds is 4. The Hall–Kier alpha value is -2.42. The molecule has 9 heteroatoms. The van der Waals surface area contributed by atoms with Gasteiger partial charge in [-0.3, -0.25) is 10.1 Å². The topological polar surface area (TPSA) is 71.8 Å². The summed E-state index contributed by atoms with van der Waals surface area (Å²) < 4.78 is 41.2. The Kier molecular flexibility index (Phi) is 5.03. The molecule has 6 nitrogen and oxygen atoms in total. The maximum atomic E-state index is 13.6. The Morgan fingerprint density at radius 1 is 1.24 bits per heavy atom. The molecule has 1 aliphatic rings. The lowest BCUT2D eigenvalue weighted by atomic mass is 9.98. The van der Waals surface area contributed by atoms with E-state index < -0.39 is 29.8 Å². The summed E-state index contributed by atoms with van der Waals surface area (Å²) in [4.78, 5) is 16.4. The molecule has 2 N–H and O–H groups in total. The Balaban J connectivity index is 1.69. The van der Waals surface area contributed by atoms with Gasteiger partial charge in [-0.25, -0.2) is 17.9 Å². The van der Waals surface area contributed by atoms with E-state index in [9.17, 15) is 18.0 Å². The summed E-state index contributed by atoms with van der Waals surface area (Å²) >= 11 is 0. The van der Waals surface area contributed by atoms with Crippen molar-refractivity contribution in [1.82, 2.24) is 20.1 Å². The summed E-state index contributed by atoms with van der Waals surface area (Å²) in [6, 6.07) is 1.11. The number of nitrogens with zero attached hydrogens (tertiary/aromatic N) is 3. The summed E-state index contributed by atoms with van der Waals surface area (Å²) in [5.41, 5.74) is -0.225. The van der Waals surface area contributed by atoms with Gasteiger partial charge in [0.1, 0.15) is 5.82 Å². The molecule has 1 fully saturated rings. The minimum absolute atomic E-state index is 0.224. The minimum atomic E-state index is -1.29. The Morgan fingerprint density at radius 2 is 1.92 bits per heavy atom. The molecule has 134 valence electrons. The van der Waals surface area contributed by atoms with Crippen LogP contribution in [0.15, 0.2) is 12.1 Å². The smallest absolute Gasteiger partial charge is 0.231 e. The quantitative estimate of drug-likeness (QED) is 0.824. The van der Waals surface area contributed by atoms with Crippen LogP contribution in [-0.2, 0) is 18.3 Å². The van der Waals surface area contributed by atoms with Gasteiger partial charge in [-0.15, -0.1) is 0 Å². The molecule has 1 amide bonds. The van der Waals surface area contributed by atoms with Gasteiger partial charge in [0.2, 0.25) is 11.9 Å². The molecule has 3 rings (SSSR count). The molecule has 0 saturated carbocycles. The van der Waals surface area contributed by atoms with Crippen LogP contribution >= 0.6 is 0 Å². The lowest BCUT2D eigenvalue weighted by Crippen LogP contribution is -2.27. The predicted octanol–water partition coefficient (Wildman–Crippen LogP) is 1.88. The zero-order valence-electron chi connectivity index (χ0n) is 13.7. The molecular weight excluding hydrogens is 335 g/mol. The summed E-state index contributed by atoms with van der Waals surface area (Å²) in [5, 5.41) is 10.1. The second-order valence-corrected chi connectivity index (χ2v) is 6.02. The van der Waals surface area contributed by atoms with Gasteiger partial charge >= 0.3 is 0 Å². The number of carbonyl (C=O) groups is 1. The van der Waals surface area contributed by atoms with E-state index in [1.807, 2.05) is 0 Å². The maximum Gasteiger partial charge on any atom is 0.231 e. The highest BCUT2D eigenvalue weighted by Gasteiger charge is 2.21. The Labute approximate surface area is 142 Å². The zero-order valence-corrected chi connectivity index (χ0v) is 13.7. The molecule has 2 aromatic rings. The van der Waals surface area contributed by atoms with Crippen molar-refractivity contribution in [2.45, 2.75) is 25.2 Å². The van der Waals surface area contributed by atoms with Gasteiger partial charge in [0.05, 0.1) is 6.42 Å². The number of halogens is 3. The fourth-order valence-electron chi connectivity index (χ4n) is 2.81. The second-order valence-electron chi connectivity index (χ2n) is 6.02. The molecule has 0 atom stereocenters. The lowest BCUT2D eigenvalue weighted by molar-refractivity contribution is -0.115. The van der Waals surface area contributed by atoms with E-state index >= 15 is 0 Å². The second kappa shape index (κ2) is 7.22. The summed E-state index contributed by atoms with van der Waals surface area (Å²) in [6.45, 7) is 1.78. The number of hydrogen-bond acceptors (Lipinski definition) is 4. The van der Waals surface area contributed by atoms with E-state index in [1.54, 1.807) is 7.05 Å². The van der Waals surface area contributed by atoms with Gasteiger partial charge in [-0.2, -0.15) is 10.1 Å². The van der Waals surface area contributed by atoms with E-state index in [0.717, 1.165) is 25.9 Å². The highest BCUT2D eigenvalue weighted by Crippen LogP contribution is 2.23. The number of hydrogen-bond donors (Lipinski definition) is 2. The summed E-state index contributed by atoms with van der Waals surface area (Å²) in [5.74, 6) is -2.93. The van der Waals surface area contributed by atoms with Gasteiger partial charge in [-0.1, -0.05) is 0 Å². The molecule has 2 heterocycles. The van der Waals surface area contributed by atoms with Gasteiger partial charge in [0.25, 0.3) is 0 Å². The summed E-state index contributed by atoms with van der Waals surface area (Å²) in [7, 11) is 1.64. The molecule has 0 unspecified atom stereocenters. The Morgan fingerprint density at radius 3 is 2.64 bits per heavy atom. The third-order valence-corrected chi connectivity index (χ3v) is 4.18. The fraction of sp³-hybridized carbons (Fsp3) is 0.438. The lowest BCUT2D eigenvalue weighted by Gasteiger charge is -2.19. The van der Waals surface area contributed by atoms with Crippen molar-refractivity contribution < 1.29 is 18.0 Å². The van der Waals surface area contributed by atoms with Crippen LogP contribution in [0, 0.1) is 17.5 Å². The summed E-state index contributed by atoms with van der Waals surface area (Å²) in [6.07, 6.45) is 1.40. The van der Waals surface area contributed by atoms with Gasteiger partial charge in [-0.05, 0) is 32.0 Å². The first kappa shape index (κ1) is 17.4. The molecule has 0 spiro atoms. The largest absolute Gasteiger partial charge is 0.317 e. The van der Waals surface area contributed by atoms with Crippen molar-refractivity contribution in [2.24, 2.45) is 7.05 Å². The highest BCUT2D eigenvalue weighted by molar-refractivity contribution is 5.90. The van der Waals surface area contributed by atoms with Gasteiger partial charge < -0.3 is 5.32 Å². The van der Waals surface area contributed by atoms with Crippen molar-refractivity contribution in [3.8, 4) is 0 Å². The van der Waals surface area contributed by atoms with E-state index in [2.05, 4.69) is 20.7 Å². The van der Waals surface area contributed by atoms with Crippen molar-refractivity contribution in [1.29, 1.82) is 0 Å². The molecule has 1 aromatic carbocycles. The monoisotopic (exact) mass is 353 g/mol. The standard InChI is InChI=1S/C16H18F3N5O/c1-24-16(22-15(23-24)9-2-4-20-5-3-9)21-14(25)7-10-6-12(18)13(19)8-11(10)17/h6,8-9,20H,2-5,7H2,1H3,(H,21,22,23,25). The SMILES string of the molecule is Cn1nc(C2CCNCC2)nc1NC(=O)Cc1cc(F)c(F)cc1F. The van der Waals surface area contributed by atoms with E-state index in [4.69, 9.17) is 0 Å². The third-order valence-electron chi connectivity index (χ3n) is 4.18. The van der Waals surface area contributed by atoms with Crippen LogP contribution in [0.2, 0.25) is 0 Å². The average molecular weight is 353 g/mol. The van der Waals surface area contributed by atoms with Crippen molar-refractivity contribution in [3.63, 3.8) is 0 Å². The molecule has 25 heavy (non-hydrogen) atoms. The Bertz CT molecular complexity index is 786. The molecule has 1 saturated heterocycles. The number of piperidine rings is 1. The van der Waals surface area contributed by atoms with Crippen LogP contribution in [-0.4, -0.2) is 33.8 Å². The molecule has 1 aromatic heterocycles. The molecule has 0 bridgehead atoms. The van der Waals surface area contributed by atoms with Crippen LogP contribution in [0.1, 0.15) is 30.1 Å². The van der Waals surface area contributed by atoms with Crippen LogP contribution in [0.3, 0.4) is 0 Å². The van der Waals surface area contributed by atoms with Crippen molar-refractivity contribution in [2.75, 3.05) is 18.4 Å². The van der Waals surface area contributed by atoms with E-state index in [-0.39, 0.29) is 17.4 Å². The maximum absolute atomic E-state index is 13.6. The molecular formula is C16H18F3N5O. The number of amides is 1. The first-order valence-corrected chi connectivity index (χ1v) is 7.99. The van der Waals surface area contributed by atoms with Gasteiger partial charge in [0, 0.05) is 24.6 Å². The number of aromatic nitrogens is 3. The number of carbonyl (C=O) groups excluding carboxylic acids is 1. The van der Waals surface area contributed by atoms with Crippen LogP contribution < -0.4 is 10.6 Å².